The molecule has 3 aliphatic rings. The summed E-state index contributed by atoms with van der Waals surface area (Å²) in [6.45, 7) is 7.34. The van der Waals surface area contributed by atoms with Crippen LogP contribution in [0.1, 0.15) is 25.7 Å². The van der Waals surface area contributed by atoms with Crippen LogP contribution in [-0.2, 0) is 19.1 Å². The molecule has 2 saturated heterocycles. The lowest BCUT2D eigenvalue weighted by Gasteiger charge is -2.51. The predicted molar refractivity (Wildman–Crippen MR) is 54.4 cm³/mol. The lowest BCUT2D eigenvalue weighted by atomic mass is 9.62. The topological polar surface area (TPSA) is 52.6 Å². The Morgan fingerprint density at radius 1 is 0.875 bits per heavy atom. The van der Waals surface area contributed by atoms with Crippen LogP contribution >= 0.6 is 0 Å². The number of carbonyl (C=O) groups excluding carboxylic acids is 2. The van der Waals surface area contributed by atoms with Crippen LogP contribution in [0.4, 0.5) is 0 Å². The molecule has 2 atom stereocenters. The molecule has 0 unspecified atom stereocenters. The monoisotopic (exact) mass is 220 g/mol. The van der Waals surface area contributed by atoms with E-state index in [9.17, 15) is 9.59 Å². The molecule has 1 saturated carbocycles. The highest BCUT2D eigenvalue weighted by molar-refractivity contribution is 5.93. The van der Waals surface area contributed by atoms with Gasteiger partial charge in [0.1, 0.15) is 0 Å². The minimum atomic E-state index is -0.656. The molecule has 3 fully saturated rings. The SMILES string of the molecule is C=C1C[C@@]2(CC[C@@]23CC(=C)C(=O)O3)OC1=O. The zero-order valence-electron chi connectivity index (χ0n) is 8.88. The molecule has 2 aliphatic heterocycles. The van der Waals surface area contributed by atoms with Crippen molar-refractivity contribution in [3.8, 4) is 0 Å². The molecule has 3 rings (SSSR count). The highest BCUT2D eigenvalue weighted by Gasteiger charge is 2.69. The fourth-order valence-corrected chi connectivity index (χ4v) is 2.87. The Kier molecular flexibility index (Phi) is 1.54. The number of fused-ring (bicyclic) bond motifs is 1. The van der Waals surface area contributed by atoms with Crippen molar-refractivity contribution >= 4 is 11.9 Å². The Balaban J connectivity index is 1.95. The molecule has 1 aliphatic carbocycles. The zero-order valence-corrected chi connectivity index (χ0v) is 8.88. The molecule has 84 valence electrons. The molecule has 0 aromatic rings. The summed E-state index contributed by atoms with van der Waals surface area (Å²) in [6, 6.07) is 0. The smallest absolute Gasteiger partial charge is 0.334 e. The molecule has 2 heterocycles. The minimum Gasteiger partial charge on any atom is -0.451 e. The fraction of sp³-hybridized carbons (Fsp3) is 0.500. The number of esters is 2. The summed E-state index contributed by atoms with van der Waals surface area (Å²) in [5, 5.41) is 0. The minimum absolute atomic E-state index is 0.368. The van der Waals surface area contributed by atoms with E-state index in [1.807, 2.05) is 0 Å². The summed E-state index contributed by atoms with van der Waals surface area (Å²) in [4.78, 5) is 22.8. The molecule has 0 aromatic carbocycles. The third-order valence-electron chi connectivity index (χ3n) is 3.91. The van der Waals surface area contributed by atoms with Gasteiger partial charge >= 0.3 is 11.9 Å². The van der Waals surface area contributed by atoms with Crippen molar-refractivity contribution in [1.29, 1.82) is 0 Å². The first-order valence-electron chi connectivity index (χ1n) is 5.30. The standard InChI is InChI=1S/C12H12O4/c1-7-5-11(15-9(7)13)3-4-12(11)6-8(2)10(14)16-12/h1-6H2/t11-,12-/m1/s1. The van der Waals surface area contributed by atoms with E-state index in [1.54, 1.807) is 0 Å². The fourth-order valence-electron chi connectivity index (χ4n) is 2.87. The predicted octanol–water partition coefficient (Wildman–Crippen LogP) is 1.26. The number of hydrogen-bond acceptors (Lipinski definition) is 4. The van der Waals surface area contributed by atoms with Gasteiger partial charge in [-0.3, -0.25) is 0 Å². The third kappa shape index (κ3) is 0.900. The molecule has 0 amide bonds. The summed E-state index contributed by atoms with van der Waals surface area (Å²) >= 11 is 0. The van der Waals surface area contributed by atoms with E-state index in [0.29, 0.717) is 24.0 Å². The van der Waals surface area contributed by atoms with Crippen LogP contribution in [0.2, 0.25) is 0 Å². The van der Waals surface area contributed by atoms with Gasteiger partial charge in [-0.1, -0.05) is 13.2 Å². The van der Waals surface area contributed by atoms with Crippen LogP contribution in [0.15, 0.2) is 24.3 Å². The van der Waals surface area contributed by atoms with Gasteiger partial charge in [0.05, 0.1) is 0 Å². The number of carbonyl (C=O) groups is 2. The largest absolute Gasteiger partial charge is 0.451 e. The normalized spacial score (nSPS) is 41.5. The van der Waals surface area contributed by atoms with Crippen LogP contribution in [0.3, 0.4) is 0 Å². The molecular weight excluding hydrogens is 208 g/mol. The van der Waals surface area contributed by atoms with Crippen molar-refractivity contribution in [3.63, 3.8) is 0 Å². The molecule has 4 heteroatoms. The van der Waals surface area contributed by atoms with Crippen molar-refractivity contribution in [2.45, 2.75) is 36.9 Å². The molecule has 0 aromatic heterocycles. The van der Waals surface area contributed by atoms with Gasteiger partial charge in [0, 0.05) is 24.0 Å². The maximum atomic E-state index is 11.4. The number of hydrogen-bond donors (Lipinski definition) is 0. The Bertz CT molecular complexity index is 372. The Hall–Kier alpha value is -1.58. The first kappa shape index (κ1) is 9.63. The van der Waals surface area contributed by atoms with Crippen molar-refractivity contribution in [2.75, 3.05) is 0 Å². The van der Waals surface area contributed by atoms with Crippen LogP contribution in [0.5, 0.6) is 0 Å². The van der Waals surface area contributed by atoms with E-state index in [0.717, 1.165) is 12.8 Å². The van der Waals surface area contributed by atoms with Gasteiger partial charge < -0.3 is 9.47 Å². The molecule has 0 N–H and O–H groups in total. The lowest BCUT2D eigenvalue weighted by molar-refractivity contribution is -0.228. The highest BCUT2D eigenvalue weighted by atomic mass is 16.6. The summed E-state index contributed by atoms with van der Waals surface area (Å²) in [6.07, 6.45) is 2.40. The first-order valence-corrected chi connectivity index (χ1v) is 5.30. The van der Waals surface area contributed by atoms with E-state index in [-0.39, 0.29) is 11.9 Å². The maximum absolute atomic E-state index is 11.4. The van der Waals surface area contributed by atoms with Crippen molar-refractivity contribution < 1.29 is 19.1 Å². The van der Waals surface area contributed by atoms with Gasteiger partial charge in [-0.25, -0.2) is 9.59 Å². The average molecular weight is 220 g/mol. The van der Waals surface area contributed by atoms with Gasteiger partial charge in [-0.2, -0.15) is 0 Å². The van der Waals surface area contributed by atoms with E-state index >= 15 is 0 Å². The number of rotatable bonds is 0. The van der Waals surface area contributed by atoms with Gasteiger partial charge in [-0.05, 0) is 12.8 Å². The molecule has 4 nitrogen and oxygen atoms in total. The van der Waals surface area contributed by atoms with E-state index in [2.05, 4.69) is 13.2 Å². The van der Waals surface area contributed by atoms with E-state index in [1.165, 1.54) is 0 Å². The lowest BCUT2D eigenvalue weighted by Crippen LogP contribution is -2.62. The summed E-state index contributed by atoms with van der Waals surface area (Å²) in [5.41, 5.74) is -0.382. The van der Waals surface area contributed by atoms with Crippen molar-refractivity contribution in [1.82, 2.24) is 0 Å². The second kappa shape index (κ2) is 2.56. The van der Waals surface area contributed by atoms with Crippen molar-refractivity contribution in [3.05, 3.63) is 24.3 Å². The summed E-state index contributed by atoms with van der Waals surface area (Å²) in [5.74, 6) is -0.736. The summed E-state index contributed by atoms with van der Waals surface area (Å²) in [7, 11) is 0. The van der Waals surface area contributed by atoms with Gasteiger partial charge in [0.25, 0.3) is 0 Å². The molecular formula is C12H12O4. The van der Waals surface area contributed by atoms with E-state index in [4.69, 9.17) is 9.47 Å². The second-order valence-corrected chi connectivity index (χ2v) is 4.83. The van der Waals surface area contributed by atoms with Crippen LogP contribution in [0.25, 0.3) is 0 Å². The average Bonchev–Trinajstić information content (AvgIpc) is 2.70. The van der Waals surface area contributed by atoms with Gasteiger partial charge in [0.2, 0.25) is 0 Å². The van der Waals surface area contributed by atoms with Gasteiger partial charge in [-0.15, -0.1) is 0 Å². The quantitative estimate of drug-likeness (QED) is 0.455. The molecule has 0 radical (unpaired) electrons. The van der Waals surface area contributed by atoms with Crippen LogP contribution in [-0.4, -0.2) is 23.1 Å². The van der Waals surface area contributed by atoms with Crippen LogP contribution < -0.4 is 0 Å². The molecule has 16 heavy (non-hydrogen) atoms. The second-order valence-electron chi connectivity index (χ2n) is 4.83. The maximum Gasteiger partial charge on any atom is 0.334 e. The number of ether oxygens (including phenoxy) is 2. The van der Waals surface area contributed by atoms with E-state index < -0.39 is 11.2 Å². The molecule has 2 spiro atoms. The Morgan fingerprint density at radius 3 is 1.44 bits per heavy atom. The van der Waals surface area contributed by atoms with Crippen LogP contribution in [0, 0.1) is 0 Å². The molecule has 0 bridgehead atoms. The van der Waals surface area contributed by atoms with Gasteiger partial charge in [0.15, 0.2) is 11.2 Å². The van der Waals surface area contributed by atoms with Crippen molar-refractivity contribution in [2.24, 2.45) is 0 Å². The highest BCUT2D eigenvalue weighted by Crippen LogP contribution is 2.59. The zero-order chi connectivity index (χ0) is 11.6. The first-order chi connectivity index (χ1) is 7.48. The third-order valence-corrected chi connectivity index (χ3v) is 3.91. The Morgan fingerprint density at radius 2 is 1.25 bits per heavy atom. The summed E-state index contributed by atoms with van der Waals surface area (Å²) < 4.78 is 10.7. The Labute approximate surface area is 92.9 Å².